The summed E-state index contributed by atoms with van der Waals surface area (Å²) in [5.74, 6) is -1.88. The third kappa shape index (κ3) is 4.42. The van der Waals surface area contributed by atoms with Crippen LogP contribution in [0.25, 0.3) is 0 Å². The van der Waals surface area contributed by atoms with Gasteiger partial charge in [-0.05, 0) is 51.7 Å². The molecule has 0 fully saturated rings. The van der Waals surface area contributed by atoms with Crippen molar-refractivity contribution in [2.45, 2.75) is 6.42 Å². The second kappa shape index (κ2) is 7.43. The normalized spacial score (nSPS) is 10.5. The first-order valence-electron chi connectivity index (χ1n) is 7.19. The number of carbonyl (C=O) groups is 1. The van der Waals surface area contributed by atoms with Crippen molar-refractivity contribution in [3.05, 3.63) is 82.0 Å². The number of carbonyl (C=O) groups excluding carboxylic acids is 1. The predicted octanol–water partition coefficient (Wildman–Crippen LogP) is 3.76. The van der Waals surface area contributed by atoms with Gasteiger partial charge in [-0.25, -0.2) is 23.7 Å². The largest absolute Gasteiger partial charge is 0.304 e. The van der Waals surface area contributed by atoms with Crippen LogP contribution in [0.4, 0.5) is 14.6 Å². The molecule has 3 rings (SSSR count). The van der Waals surface area contributed by atoms with E-state index in [1.165, 1.54) is 18.5 Å². The van der Waals surface area contributed by atoms with E-state index in [1.54, 1.807) is 18.3 Å². The number of nitrogens with zero attached hydrogens (tertiary/aromatic N) is 3. The van der Waals surface area contributed by atoms with Gasteiger partial charge >= 0.3 is 0 Å². The van der Waals surface area contributed by atoms with Crippen molar-refractivity contribution in [2.24, 2.45) is 0 Å². The highest BCUT2D eigenvalue weighted by Crippen LogP contribution is 2.14. The van der Waals surface area contributed by atoms with E-state index in [1.807, 2.05) is 0 Å². The number of rotatable bonds is 4. The lowest BCUT2D eigenvalue weighted by molar-refractivity contribution is 0.101. The smallest absolute Gasteiger partial charge is 0.294 e. The lowest BCUT2D eigenvalue weighted by atomic mass is 10.1. The second-order valence-electron chi connectivity index (χ2n) is 5.16. The monoisotopic (exact) mass is 404 g/mol. The highest BCUT2D eigenvalue weighted by molar-refractivity contribution is 9.10. The van der Waals surface area contributed by atoms with E-state index >= 15 is 0 Å². The zero-order chi connectivity index (χ0) is 17.8. The average molecular weight is 405 g/mol. The van der Waals surface area contributed by atoms with E-state index in [0.29, 0.717) is 22.3 Å². The molecule has 0 atom stereocenters. The molecule has 0 aliphatic rings. The molecule has 0 aliphatic carbocycles. The van der Waals surface area contributed by atoms with Gasteiger partial charge in [0.15, 0.2) is 11.6 Å². The third-order valence-corrected chi connectivity index (χ3v) is 3.69. The standard InChI is InChI=1S/C17H11BrF2N4O/c18-12-8-22-16(23-9-12)17(25)24-15-4-2-11(7-21-15)5-10-1-3-13(19)14(20)6-10/h1-4,6-9H,5H2,(H,21,24,25). The molecule has 0 aliphatic heterocycles. The van der Waals surface area contributed by atoms with E-state index in [4.69, 9.17) is 0 Å². The minimum Gasteiger partial charge on any atom is -0.304 e. The number of aromatic nitrogens is 3. The highest BCUT2D eigenvalue weighted by atomic mass is 79.9. The first-order valence-corrected chi connectivity index (χ1v) is 7.98. The van der Waals surface area contributed by atoms with E-state index in [9.17, 15) is 13.6 Å². The molecule has 0 saturated heterocycles. The number of amides is 1. The summed E-state index contributed by atoms with van der Waals surface area (Å²) >= 11 is 3.19. The van der Waals surface area contributed by atoms with Crippen molar-refractivity contribution in [1.82, 2.24) is 15.0 Å². The molecule has 2 aromatic heterocycles. The first-order chi connectivity index (χ1) is 12.0. The molecule has 0 spiro atoms. The third-order valence-electron chi connectivity index (χ3n) is 3.28. The quantitative estimate of drug-likeness (QED) is 0.718. The molecule has 1 N–H and O–H groups in total. The van der Waals surface area contributed by atoms with Crippen molar-refractivity contribution in [1.29, 1.82) is 0 Å². The van der Waals surface area contributed by atoms with Crippen LogP contribution in [0.3, 0.4) is 0 Å². The maximum Gasteiger partial charge on any atom is 0.294 e. The van der Waals surface area contributed by atoms with Crippen molar-refractivity contribution in [3.8, 4) is 0 Å². The van der Waals surface area contributed by atoms with Crippen molar-refractivity contribution >= 4 is 27.7 Å². The van der Waals surface area contributed by atoms with Crippen LogP contribution in [0.5, 0.6) is 0 Å². The zero-order valence-corrected chi connectivity index (χ0v) is 14.3. The van der Waals surface area contributed by atoms with Gasteiger partial charge in [-0.15, -0.1) is 0 Å². The van der Waals surface area contributed by atoms with Crippen molar-refractivity contribution in [3.63, 3.8) is 0 Å². The molecule has 0 saturated carbocycles. The maximum absolute atomic E-state index is 13.2. The number of nitrogens with one attached hydrogen (secondary N) is 1. The van der Waals surface area contributed by atoms with Gasteiger partial charge in [-0.1, -0.05) is 12.1 Å². The molecule has 0 radical (unpaired) electrons. The van der Waals surface area contributed by atoms with Gasteiger partial charge in [-0.3, -0.25) is 4.79 Å². The summed E-state index contributed by atoms with van der Waals surface area (Å²) in [7, 11) is 0. The Labute approximate surface area is 150 Å². The fraction of sp³-hybridized carbons (Fsp3) is 0.0588. The topological polar surface area (TPSA) is 67.8 Å². The molecule has 25 heavy (non-hydrogen) atoms. The minimum absolute atomic E-state index is 0.0239. The summed E-state index contributed by atoms with van der Waals surface area (Å²) in [4.78, 5) is 23.9. The van der Waals surface area contributed by atoms with Crippen LogP contribution in [0, 0.1) is 11.6 Å². The van der Waals surface area contributed by atoms with Crippen LogP contribution in [-0.2, 0) is 6.42 Å². The second-order valence-corrected chi connectivity index (χ2v) is 6.07. The Hall–Kier alpha value is -2.74. The molecule has 8 heteroatoms. The molecule has 1 aromatic carbocycles. The zero-order valence-electron chi connectivity index (χ0n) is 12.7. The summed E-state index contributed by atoms with van der Waals surface area (Å²) in [6.45, 7) is 0. The number of hydrogen-bond acceptors (Lipinski definition) is 4. The van der Waals surface area contributed by atoms with Crippen molar-refractivity contribution < 1.29 is 13.6 Å². The molecule has 2 heterocycles. The molecular formula is C17H11BrF2N4O. The maximum atomic E-state index is 13.2. The fourth-order valence-corrected chi connectivity index (χ4v) is 2.29. The number of hydrogen-bond donors (Lipinski definition) is 1. The Morgan fingerprint density at radius 2 is 1.68 bits per heavy atom. The van der Waals surface area contributed by atoms with E-state index in [-0.39, 0.29) is 5.82 Å². The molecule has 5 nitrogen and oxygen atoms in total. The minimum atomic E-state index is -0.885. The molecule has 126 valence electrons. The van der Waals surface area contributed by atoms with E-state index in [0.717, 1.165) is 17.7 Å². The lowest BCUT2D eigenvalue weighted by Crippen LogP contribution is -2.16. The Balaban J connectivity index is 1.66. The van der Waals surface area contributed by atoms with Crippen LogP contribution in [-0.4, -0.2) is 20.9 Å². The summed E-state index contributed by atoms with van der Waals surface area (Å²) in [6.07, 6.45) is 4.90. The Bertz CT molecular complexity index is 902. The highest BCUT2D eigenvalue weighted by Gasteiger charge is 2.10. The van der Waals surface area contributed by atoms with Gasteiger partial charge < -0.3 is 5.32 Å². The Morgan fingerprint density at radius 1 is 0.960 bits per heavy atom. The van der Waals surface area contributed by atoms with Crippen LogP contribution in [0.15, 0.2) is 53.4 Å². The number of anilines is 1. The van der Waals surface area contributed by atoms with Crippen LogP contribution >= 0.6 is 15.9 Å². The van der Waals surface area contributed by atoms with Gasteiger partial charge in [0.1, 0.15) is 5.82 Å². The average Bonchev–Trinajstić information content (AvgIpc) is 2.60. The predicted molar refractivity (Wildman–Crippen MR) is 91.1 cm³/mol. The van der Waals surface area contributed by atoms with E-state index in [2.05, 4.69) is 36.2 Å². The first kappa shape index (κ1) is 17.1. The molecule has 3 aromatic rings. The number of pyridine rings is 1. The molecule has 1 amide bonds. The summed E-state index contributed by atoms with van der Waals surface area (Å²) in [6, 6.07) is 7.11. The number of benzene rings is 1. The van der Waals surface area contributed by atoms with Gasteiger partial charge in [-0.2, -0.15) is 0 Å². The van der Waals surface area contributed by atoms with Gasteiger partial charge in [0.05, 0.1) is 4.47 Å². The SMILES string of the molecule is O=C(Nc1ccc(Cc2ccc(F)c(F)c2)cn1)c1ncc(Br)cn1. The number of halogens is 3. The van der Waals surface area contributed by atoms with E-state index < -0.39 is 17.5 Å². The Morgan fingerprint density at radius 3 is 2.32 bits per heavy atom. The summed E-state index contributed by atoms with van der Waals surface area (Å²) in [5.41, 5.74) is 1.42. The van der Waals surface area contributed by atoms with Gasteiger partial charge in [0.2, 0.25) is 5.82 Å². The summed E-state index contributed by atoms with van der Waals surface area (Å²) < 4.78 is 26.8. The molecule has 0 unspecified atom stereocenters. The Kier molecular flexibility index (Phi) is 5.08. The van der Waals surface area contributed by atoms with Crippen LogP contribution < -0.4 is 5.32 Å². The lowest BCUT2D eigenvalue weighted by Gasteiger charge is -2.06. The molecular weight excluding hydrogens is 394 g/mol. The molecule has 0 bridgehead atoms. The fourth-order valence-electron chi connectivity index (χ4n) is 2.09. The van der Waals surface area contributed by atoms with Gasteiger partial charge in [0.25, 0.3) is 5.91 Å². The van der Waals surface area contributed by atoms with Crippen molar-refractivity contribution in [2.75, 3.05) is 5.32 Å². The van der Waals surface area contributed by atoms with Crippen LogP contribution in [0.2, 0.25) is 0 Å². The van der Waals surface area contributed by atoms with Crippen LogP contribution in [0.1, 0.15) is 21.7 Å². The van der Waals surface area contributed by atoms with Gasteiger partial charge in [0, 0.05) is 18.6 Å². The summed E-state index contributed by atoms with van der Waals surface area (Å²) in [5, 5.41) is 2.59.